The number of nitrogens with zero attached hydrogens (tertiary/aromatic N) is 4. The largest absolute Gasteiger partial charge is 0.375 e. The molecular weight excluding hydrogens is 637 g/mol. The maximum absolute atomic E-state index is 13.7. The number of nitrogens with one attached hydrogen (secondary N) is 1. The van der Waals surface area contributed by atoms with Crippen molar-refractivity contribution >= 4 is 68.3 Å². The molecule has 1 amide bonds. The highest BCUT2D eigenvalue weighted by molar-refractivity contribution is 7.87. The zero-order valence-corrected chi connectivity index (χ0v) is 26.4. The van der Waals surface area contributed by atoms with Gasteiger partial charge in [-0.1, -0.05) is 40.9 Å². The molecule has 0 radical (unpaired) electrons. The molecule has 2 aliphatic heterocycles. The molecule has 1 N–H and O–H groups in total. The van der Waals surface area contributed by atoms with Gasteiger partial charge in [0.05, 0.1) is 28.3 Å². The fourth-order valence-electron chi connectivity index (χ4n) is 5.50. The molecule has 1 aliphatic carbocycles. The summed E-state index contributed by atoms with van der Waals surface area (Å²) in [7, 11) is -4.48. The van der Waals surface area contributed by atoms with Crippen molar-refractivity contribution in [1.29, 1.82) is 0 Å². The van der Waals surface area contributed by atoms with Crippen molar-refractivity contribution < 1.29 is 22.1 Å². The van der Waals surface area contributed by atoms with Gasteiger partial charge in [0.15, 0.2) is 10.8 Å². The van der Waals surface area contributed by atoms with E-state index in [-0.39, 0.29) is 43.3 Å². The third-order valence-corrected chi connectivity index (χ3v) is 10.0. The minimum atomic E-state index is -4.48. The quantitative estimate of drug-likeness (QED) is 0.301. The molecule has 0 unspecified atom stereocenters. The summed E-state index contributed by atoms with van der Waals surface area (Å²) in [4.78, 5) is 26.8. The van der Waals surface area contributed by atoms with Crippen LogP contribution in [-0.2, 0) is 14.9 Å². The van der Waals surface area contributed by atoms with Gasteiger partial charge in [-0.25, -0.2) is 9.97 Å². The number of hydrogen-bond acceptors (Lipinski definition) is 9. The predicted octanol–water partition coefficient (Wildman–Crippen LogP) is 6.06. The smallest absolute Gasteiger partial charge is 0.357 e. The molecule has 14 heteroatoms. The Morgan fingerprint density at radius 1 is 1.00 bits per heavy atom. The number of aromatic nitrogens is 2. The fourth-order valence-corrected chi connectivity index (χ4v) is 7.40. The van der Waals surface area contributed by atoms with Gasteiger partial charge in [0.1, 0.15) is 17.5 Å². The van der Waals surface area contributed by atoms with Crippen molar-refractivity contribution in [2.45, 2.75) is 43.7 Å². The molecule has 4 heterocycles. The molecule has 3 aromatic rings. The SMILES string of the molecule is C[C@@H]1CN(c2cccc(NC(=O)c3ccc(S(=O)(=O)Oc4c(Cl)cc(Cl)cc4Cl)nc3N3CCC4(CC3)CC4)n2)CCO1. The van der Waals surface area contributed by atoms with E-state index < -0.39 is 16.0 Å². The molecule has 10 nitrogen and oxygen atoms in total. The van der Waals surface area contributed by atoms with Crippen LogP contribution >= 0.6 is 34.8 Å². The lowest BCUT2D eigenvalue weighted by atomic mass is 9.93. The summed E-state index contributed by atoms with van der Waals surface area (Å²) < 4.78 is 37.6. The highest BCUT2D eigenvalue weighted by atomic mass is 35.5. The van der Waals surface area contributed by atoms with Crippen LogP contribution in [0.1, 0.15) is 43.0 Å². The number of pyridine rings is 2. The normalized spacial score (nSPS) is 19.8. The molecule has 1 atom stereocenters. The Kier molecular flexibility index (Phi) is 8.38. The number of piperidine rings is 1. The van der Waals surface area contributed by atoms with Gasteiger partial charge in [-0.05, 0) is 74.4 Å². The predicted molar refractivity (Wildman–Crippen MR) is 166 cm³/mol. The molecule has 3 aliphatic rings. The third kappa shape index (κ3) is 6.66. The number of amides is 1. The number of rotatable bonds is 7. The second kappa shape index (κ2) is 11.9. The second-order valence-electron chi connectivity index (χ2n) is 11.2. The Morgan fingerprint density at radius 3 is 2.40 bits per heavy atom. The van der Waals surface area contributed by atoms with E-state index in [0.29, 0.717) is 44.0 Å². The average Bonchev–Trinajstić information content (AvgIpc) is 3.73. The zero-order chi connectivity index (χ0) is 30.4. The molecule has 228 valence electrons. The number of benzene rings is 1. The third-order valence-electron chi connectivity index (χ3n) is 8.13. The van der Waals surface area contributed by atoms with Crippen LogP contribution in [0, 0.1) is 5.41 Å². The lowest BCUT2D eigenvalue weighted by Gasteiger charge is -2.34. The van der Waals surface area contributed by atoms with Crippen LogP contribution in [0.3, 0.4) is 0 Å². The van der Waals surface area contributed by atoms with E-state index in [9.17, 15) is 13.2 Å². The number of halogens is 3. The molecular formula is C29H30Cl3N5O5S. The van der Waals surface area contributed by atoms with Gasteiger partial charge >= 0.3 is 10.1 Å². The highest BCUT2D eigenvalue weighted by Gasteiger charge is 2.45. The standard InChI is InChI=1S/C29H30Cl3N5O5S/c1-18-17-37(13-14-41-18)24-4-2-3-23(33-24)34-28(38)20-5-6-25(35-27(20)36-11-9-29(7-8-29)10-12-36)43(39,40)42-26-21(31)15-19(30)16-22(26)32/h2-6,15-16,18H,7-14,17H2,1H3,(H,33,34,38)/t18-/m1/s1. The number of anilines is 3. The number of morpholine rings is 1. The van der Waals surface area contributed by atoms with E-state index in [1.807, 2.05) is 24.0 Å². The van der Waals surface area contributed by atoms with Crippen molar-refractivity contribution in [2.75, 3.05) is 47.9 Å². The lowest BCUT2D eigenvalue weighted by Crippen LogP contribution is -2.41. The molecule has 1 aromatic carbocycles. The Balaban J connectivity index is 1.29. The highest BCUT2D eigenvalue weighted by Crippen LogP contribution is 2.54. The Morgan fingerprint density at radius 2 is 1.72 bits per heavy atom. The van der Waals surface area contributed by atoms with E-state index in [1.165, 1.54) is 37.1 Å². The van der Waals surface area contributed by atoms with Gasteiger partial charge in [0.2, 0.25) is 0 Å². The van der Waals surface area contributed by atoms with Gasteiger partial charge in [0.25, 0.3) is 5.91 Å². The van der Waals surface area contributed by atoms with Gasteiger partial charge in [-0.3, -0.25) is 4.79 Å². The number of carbonyl (C=O) groups excluding carboxylic acids is 1. The van der Waals surface area contributed by atoms with Crippen LogP contribution in [0.2, 0.25) is 15.1 Å². The minimum absolute atomic E-state index is 0.0654. The summed E-state index contributed by atoms with van der Waals surface area (Å²) in [5, 5.41) is 2.59. The Hall–Kier alpha value is -2.83. The summed E-state index contributed by atoms with van der Waals surface area (Å²) in [5.74, 6) is 0.643. The summed E-state index contributed by atoms with van der Waals surface area (Å²) in [5.41, 5.74) is 0.579. The van der Waals surface area contributed by atoms with Crippen molar-refractivity contribution in [3.05, 3.63) is 63.1 Å². The molecule has 43 heavy (non-hydrogen) atoms. The van der Waals surface area contributed by atoms with Crippen molar-refractivity contribution in [3.63, 3.8) is 0 Å². The molecule has 2 aromatic heterocycles. The summed E-state index contributed by atoms with van der Waals surface area (Å²) in [6, 6.07) is 10.8. The summed E-state index contributed by atoms with van der Waals surface area (Å²) >= 11 is 18.3. The van der Waals surface area contributed by atoms with Gasteiger partial charge in [0, 0.05) is 31.2 Å². The molecule has 1 saturated carbocycles. The van der Waals surface area contributed by atoms with Crippen LogP contribution in [-0.4, -0.2) is 63.2 Å². The van der Waals surface area contributed by atoms with Crippen LogP contribution in [0.15, 0.2) is 47.5 Å². The van der Waals surface area contributed by atoms with Gasteiger partial charge in [-0.2, -0.15) is 8.42 Å². The molecule has 2 saturated heterocycles. The molecule has 3 fully saturated rings. The van der Waals surface area contributed by atoms with Crippen LogP contribution < -0.4 is 19.3 Å². The van der Waals surface area contributed by atoms with E-state index >= 15 is 0 Å². The van der Waals surface area contributed by atoms with Crippen molar-refractivity contribution in [3.8, 4) is 5.75 Å². The van der Waals surface area contributed by atoms with Crippen molar-refractivity contribution in [1.82, 2.24) is 9.97 Å². The van der Waals surface area contributed by atoms with E-state index in [0.717, 1.165) is 18.7 Å². The summed E-state index contributed by atoms with van der Waals surface area (Å²) in [6.45, 7) is 5.29. The number of ether oxygens (including phenoxy) is 1. The first-order chi connectivity index (χ1) is 20.5. The molecule has 6 rings (SSSR count). The van der Waals surface area contributed by atoms with Crippen LogP contribution in [0.25, 0.3) is 0 Å². The summed E-state index contributed by atoms with van der Waals surface area (Å²) in [6.07, 6.45) is 4.35. The molecule has 1 spiro atoms. The fraction of sp³-hybridized carbons (Fsp3) is 0.414. The number of hydrogen-bond donors (Lipinski definition) is 1. The molecule has 0 bridgehead atoms. The van der Waals surface area contributed by atoms with Gasteiger partial charge in [-0.15, -0.1) is 0 Å². The monoisotopic (exact) mass is 665 g/mol. The van der Waals surface area contributed by atoms with Crippen molar-refractivity contribution in [2.24, 2.45) is 5.41 Å². The van der Waals surface area contributed by atoms with E-state index in [2.05, 4.69) is 20.2 Å². The minimum Gasteiger partial charge on any atom is -0.375 e. The van der Waals surface area contributed by atoms with E-state index in [4.69, 9.17) is 43.7 Å². The Bertz CT molecular complexity index is 1640. The second-order valence-corrected chi connectivity index (χ2v) is 14.0. The topological polar surface area (TPSA) is 114 Å². The maximum atomic E-state index is 13.7. The van der Waals surface area contributed by atoms with Gasteiger partial charge < -0.3 is 24.0 Å². The lowest BCUT2D eigenvalue weighted by molar-refractivity contribution is 0.0529. The zero-order valence-electron chi connectivity index (χ0n) is 23.4. The first-order valence-electron chi connectivity index (χ1n) is 14.0. The maximum Gasteiger partial charge on any atom is 0.357 e. The van der Waals surface area contributed by atoms with Crippen LogP contribution in [0.5, 0.6) is 5.75 Å². The Labute approximate surface area is 265 Å². The van der Waals surface area contributed by atoms with E-state index in [1.54, 1.807) is 6.07 Å². The number of carbonyl (C=O) groups is 1. The first-order valence-corrected chi connectivity index (χ1v) is 16.6. The first kappa shape index (κ1) is 30.2. The average molecular weight is 667 g/mol. The van der Waals surface area contributed by atoms with Crippen LogP contribution in [0.4, 0.5) is 17.5 Å².